The molecule has 1 aliphatic heterocycles. The maximum atomic E-state index is 10.2. The maximum absolute atomic E-state index is 10.2. The molecule has 0 unspecified atom stereocenters. The predicted molar refractivity (Wildman–Crippen MR) is 87.2 cm³/mol. The molecule has 6 nitrogen and oxygen atoms in total. The third kappa shape index (κ3) is 3.08. The number of rotatable bonds is 6. The van der Waals surface area contributed by atoms with Gasteiger partial charge in [-0.2, -0.15) is 0 Å². The summed E-state index contributed by atoms with van der Waals surface area (Å²) in [5, 5.41) is 10.2. The van der Waals surface area contributed by atoms with Crippen molar-refractivity contribution in [1.82, 2.24) is 19.9 Å². The topological polar surface area (TPSA) is 91.1 Å². The third-order valence-corrected chi connectivity index (χ3v) is 4.63. The van der Waals surface area contributed by atoms with Gasteiger partial charge < -0.3 is 15.8 Å². The molecule has 2 atom stereocenters. The SMILES string of the molecule is CCCCC[C@H]1CN(Cc2c[nH]c3c(N)ncnc23)C[C@H]1O. The lowest BCUT2D eigenvalue weighted by molar-refractivity contribution is 0.136. The standard InChI is InChI=1S/C16H25N5O/c1-2-3-4-5-11-7-21(9-13(11)22)8-12-6-18-15-14(12)19-10-20-16(15)17/h6,10-11,13,18,22H,2-5,7-9H2,1H3,(H2,17,19,20)/t11-,13+/m0/s1. The lowest BCUT2D eigenvalue weighted by atomic mass is 9.98. The Bertz CT molecular complexity index is 626. The monoisotopic (exact) mass is 303 g/mol. The molecule has 2 aromatic rings. The summed E-state index contributed by atoms with van der Waals surface area (Å²) in [6, 6.07) is 0. The minimum Gasteiger partial charge on any atom is -0.391 e. The van der Waals surface area contributed by atoms with Gasteiger partial charge in [-0.25, -0.2) is 9.97 Å². The van der Waals surface area contributed by atoms with Gasteiger partial charge in [0.05, 0.1) is 11.6 Å². The zero-order chi connectivity index (χ0) is 15.5. The van der Waals surface area contributed by atoms with Crippen molar-refractivity contribution in [3.8, 4) is 0 Å². The second kappa shape index (κ2) is 6.62. The van der Waals surface area contributed by atoms with Gasteiger partial charge in [-0.05, 0) is 12.3 Å². The average Bonchev–Trinajstić information content (AvgIpc) is 3.05. The van der Waals surface area contributed by atoms with Crippen molar-refractivity contribution in [2.75, 3.05) is 18.8 Å². The highest BCUT2D eigenvalue weighted by molar-refractivity contribution is 5.86. The van der Waals surface area contributed by atoms with Gasteiger partial charge >= 0.3 is 0 Å². The highest BCUT2D eigenvalue weighted by atomic mass is 16.3. The number of nitrogens with one attached hydrogen (secondary N) is 1. The number of aromatic nitrogens is 3. The van der Waals surface area contributed by atoms with Crippen molar-refractivity contribution in [2.45, 2.75) is 45.3 Å². The highest BCUT2D eigenvalue weighted by Gasteiger charge is 2.31. The van der Waals surface area contributed by atoms with Crippen LogP contribution in [0.15, 0.2) is 12.5 Å². The van der Waals surface area contributed by atoms with Crippen LogP contribution < -0.4 is 5.73 Å². The van der Waals surface area contributed by atoms with Crippen LogP contribution >= 0.6 is 0 Å². The van der Waals surface area contributed by atoms with Crippen LogP contribution in [0.4, 0.5) is 5.82 Å². The molecule has 3 heterocycles. The van der Waals surface area contributed by atoms with Crippen LogP contribution in [0.1, 0.15) is 38.2 Å². The van der Waals surface area contributed by atoms with E-state index in [1.807, 2.05) is 6.20 Å². The lowest BCUT2D eigenvalue weighted by Crippen LogP contribution is -2.21. The number of aliphatic hydroxyl groups excluding tert-OH is 1. The van der Waals surface area contributed by atoms with Crippen molar-refractivity contribution >= 4 is 16.9 Å². The molecule has 2 aromatic heterocycles. The number of nitrogens with zero attached hydrogens (tertiary/aromatic N) is 3. The summed E-state index contributed by atoms with van der Waals surface area (Å²) in [6.45, 7) is 4.70. The molecule has 6 heteroatoms. The minimum absolute atomic E-state index is 0.207. The summed E-state index contributed by atoms with van der Waals surface area (Å²) in [5.74, 6) is 0.881. The Hall–Kier alpha value is -1.66. The first-order valence-electron chi connectivity index (χ1n) is 8.16. The van der Waals surface area contributed by atoms with Gasteiger partial charge in [-0.1, -0.05) is 26.2 Å². The summed E-state index contributed by atoms with van der Waals surface area (Å²) >= 11 is 0. The van der Waals surface area contributed by atoms with Crippen molar-refractivity contribution < 1.29 is 5.11 Å². The number of nitrogens with two attached hydrogens (primary N) is 1. The Labute approximate surface area is 130 Å². The van der Waals surface area contributed by atoms with E-state index in [2.05, 4.69) is 26.8 Å². The largest absolute Gasteiger partial charge is 0.391 e. The molecule has 0 saturated carbocycles. The van der Waals surface area contributed by atoms with Crippen molar-refractivity contribution in [3.05, 3.63) is 18.1 Å². The quantitative estimate of drug-likeness (QED) is 0.709. The Morgan fingerprint density at radius 3 is 3.05 bits per heavy atom. The number of β-amino-alcohol motifs (C(OH)–C–C–N with tert-alkyl or cyclic N) is 1. The van der Waals surface area contributed by atoms with Crippen LogP contribution in [0.5, 0.6) is 0 Å². The molecule has 0 aliphatic carbocycles. The number of hydrogen-bond donors (Lipinski definition) is 3. The fraction of sp³-hybridized carbons (Fsp3) is 0.625. The first-order chi connectivity index (χ1) is 10.7. The molecule has 1 fully saturated rings. The first kappa shape index (κ1) is 15.2. The maximum Gasteiger partial charge on any atom is 0.151 e. The van der Waals surface area contributed by atoms with Crippen LogP contribution in [0, 0.1) is 5.92 Å². The van der Waals surface area contributed by atoms with E-state index in [9.17, 15) is 5.11 Å². The van der Waals surface area contributed by atoms with Gasteiger partial charge in [0.1, 0.15) is 11.8 Å². The summed E-state index contributed by atoms with van der Waals surface area (Å²) in [5.41, 5.74) is 8.66. The molecule has 3 rings (SSSR count). The predicted octanol–water partition coefficient (Wildman–Crippen LogP) is 1.91. The van der Waals surface area contributed by atoms with Gasteiger partial charge in [-0.3, -0.25) is 4.90 Å². The molecule has 4 N–H and O–H groups in total. The number of anilines is 1. The molecule has 1 aliphatic rings. The number of H-pyrrole nitrogens is 1. The van der Waals surface area contributed by atoms with Crippen LogP contribution in [0.2, 0.25) is 0 Å². The number of fused-ring (bicyclic) bond motifs is 1. The van der Waals surface area contributed by atoms with Gasteiger partial charge in [0.25, 0.3) is 0 Å². The minimum atomic E-state index is -0.207. The Kier molecular flexibility index (Phi) is 4.59. The van der Waals surface area contributed by atoms with Crippen molar-refractivity contribution in [1.29, 1.82) is 0 Å². The van der Waals surface area contributed by atoms with E-state index in [1.165, 1.54) is 25.6 Å². The van der Waals surface area contributed by atoms with Crippen molar-refractivity contribution in [3.63, 3.8) is 0 Å². The molecule has 0 bridgehead atoms. The van der Waals surface area contributed by atoms with E-state index in [-0.39, 0.29) is 6.10 Å². The number of likely N-dealkylation sites (tertiary alicyclic amines) is 1. The first-order valence-corrected chi connectivity index (χ1v) is 8.16. The number of hydrogen-bond acceptors (Lipinski definition) is 5. The van der Waals surface area contributed by atoms with E-state index in [1.54, 1.807) is 0 Å². The van der Waals surface area contributed by atoms with Gasteiger partial charge in [0.15, 0.2) is 5.82 Å². The number of aromatic amines is 1. The van der Waals surface area contributed by atoms with E-state index >= 15 is 0 Å². The molecule has 1 saturated heterocycles. The van der Waals surface area contributed by atoms with Crippen molar-refractivity contribution in [2.24, 2.45) is 5.92 Å². The van der Waals surface area contributed by atoms with Gasteiger partial charge in [0, 0.05) is 31.4 Å². The lowest BCUT2D eigenvalue weighted by Gasteiger charge is -2.14. The van der Waals surface area contributed by atoms with E-state index in [0.29, 0.717) is 11.7 Å². The third-order valence-electron chi connectivity index (χ3n) is 4.63. The summed E-state index contributed by atoms with van der Waals surface area (Å²) < 4.78 is 0. The van der Waals surface area contributed by atoms with Gasteiger partial charge in [0.2, 0.25) is 0 Å². The molecule has 0 aromatic carbocycles. The van der Waals surface area contributed by atoms with E-state index < -0.39 is 0 Å². The molecule has 22 heavy (non-hydrogen) atoms. The second-order valence-corrected chi connectivity index (χ2v) is 6.31. The summed E-state index contributed by atoms with van der Waals surface area (Å²) in [7, 11) is 0. The molecular formula is C16H25N5O. The normalized spacial score (nSPS) is 22.6. The molecular weight excluding hydrogens is 278 g/mol. The summed E-state index contributed by atoms with van der Waals surface area (Å²) in [4.78, 5) is 13.8. The fourth-order valence-corrected chi connectivity index (χ4v) is 3.38. The van der Waals surface area contributed by atoms with E-state index in [4.69, 9.17) is 5.73 Å². The highest BCUT2D eigenvalue weighted by Crippen LogP contribution is 2.26. The van der Waals surface area contributed by atoms with Crippen LogP contribution in [0.25, 0.3) is 11.0 Å². The van der Waals surface area contributed by atoms with Crippen LogP contribution in [0.3, 0.4) is 0 Å². The second-order valence-electron chi connectivity index (χ2n) is 6.31. The van der Waals surface area contributed by atoms with Crippen LogP contribution in [-0.2, 0) is 6.54 Å². The molecule has 0 radical (unpaired) electrons. The number of unbranched alkanes of at least 4 members (excludes halogenated alkanes) is 2. The average molecular weight is 303 g/mol. The number of aliphatic hydroxyl groups is 1. The Balaban J connectivity index is 1.65. The smallest absolute Gasteiger partial charge is 0.151 e. The Morgan fingerprint density at radius 1 is 1.36 bits per heavy atom. The van der Waals surface area contributed by atoms with Gasteiger partial charge in [-0.15, -0.1) is 0 Å². The number of nitrogen functional groups attached to an aromatic ring is 1. The van der Waals surface area contributed by atoms with Crippen LogP contribution in [-0.4, -0.2) is 44.2 Å². The summed E-state index contributed by atoms with van der Waals surface area (Å²) in [6.07, 6.45) is 8.05. The zero-order valence-corrected chi connectivity index (χ0v) is 13.1. The molecule has 0 spiro atoms. The van der Waals surface area contributed by atoms with E-state index in [0.717, 1.165) is 42.7 Å². The molecule has 120 valence electrons. The Morgan fingerprint density at radius 2 is 2.23 bits per heavy atom. The zero-order valence-electron chi connectivity index (χ0n) is 13.1. The fourth-order valence-electron chi connectivity index (χ4n) is 3.38. The molecule has 0 amide bonds.